The van der Waals surface area contributed by atoms with Crippen molar-refractivity contribution >= 4 is 30.1 Å². The molecule has 0 N–H and O–H groups in total. The second-order valence-electron chi connectivity index (χ2n) is 5.92. The first kappa shape index (κ1) is 15.1. The molecule has 0 saturated carbocycles. The van der Waals surface area contributed by atoms with Crippen LogP contribution < -0.4 is 0 Å². The molecule has 0 saturated heterocycles. The normalized spacial score (nSPS) is 14.8. The third kappa shape index (κ3) is 5.03. The van der Waals surface area contributed by atoms with Gasteiger partial charge in [0.25, 0.3) is 0 Å². The van der Waals surface area contributed by atoms with Crippen LogP contribution in [0.5, 0.6) is 0 Å². The minimum atomic E-state index is -1.53. The van der Waals surface area contributed by atoms with E-state index in [0.29, 0.717) is 5.92 Å². The topological polar surface area (TPSA) is 0 Å². The molecule has 0 fully saturated rings. The molecule has 1 rings (SSSR count). The van der Waals surface area contributed by atoms with Crippen LogP contribution in [-0.4, -0.2) is 7.38 Å². The van der Waals surface area contributed by atoms with Gasteiger partial charge < -0.3 is 0 Å². The van der Waals surface area contributed by atoms with Gasteiger partial charge in [0.15, 0.2) is 7.38 Å². The van der Waals surface area contributed by atoms with Crippen LogP contribution in [0, 0.1) is 0 Å². The van der Waals surface area contributed by atoms with E-state index < -0.39 is 7.38 Å². The maximum Gasteiger partial charge on any atom is 0.151 e. The van der Waals surface area contributed by atoms with E-state index in [0.717, 1.165) is 6.04 Å². The summed E-state index contributed by atoms with van der Waals surface area (Å²) < 4.78 is 0. The molecular formula is C14H22Cl2Si. The quantitative estimate of drug-likeness (QED) is 0.378. The zero-order valence-corrected chi connectivity index (χ0v) is 13.9. The standard InChI is InChI=1S/C14H22Cl2Si/c1-11(10-17(4,5)16)12-7-6-8-13(9-12)14(2,3)15/h6-9,11H,10H2,1-5H3. The highest BCUT2D eigenvalue weighted by Crippen LogP contribution is 2.33. The van der Waals surface area contributed by atoms with Gasteiger partial charge in [0.05, 0.1) is 4.87 Å². The molecule has 0 spiro atoms. The van der Waals surface area contributed by atoms with Gasteiger partial charge >= 0.3 is 0 Å². The first-order valence-electron chi connectivity index (χ1n) is 6.08. The Morgan fingerprint density at radius 3 is 2.35 bits per heavy atom. The van der Waals surface area contributed by atoms with Gasteiger partial charge in [-0.05, 0) is 36.9 Å². The number of benzene rings is 1. The lowest BCUT2D eigenvalue weighted by atomic mass is 9.95. The zero-order chi connectivity index (χ0) is 13.3. The third-order valence-corrected chi connectivity index (χ3v) is 5.20. The van der Waals surface area contributed by atoms with E-state index in [2.05, 4.69) is 44.3 Å². The molecule has 1 aromatic rings. The summed E-state index contributed by atoms with van der Waals surface area (Å²) >= 11 is 12.8. The maximum atomic E-state index is 6.42. The van der Waals surface area contributed by atoms with Crippen LogP contribution in [-0.2, 0) is 4.87 Å². The van der Waals surface area contributed by atoms with Crippen LogP contribution in [0.15, 0.2) is 24.3 Å². The summed E-state index contributed by atoms with van der Waals surface area (Å²) in [5.41, 5.74) is 2.52. The highest BCUT2D eigenvalue weighted by atomic mass is 35.6. The van der Waals surface area contributed by atoms with Crippen molar-refractivity contribution in [3.05, 3.63) is 35.4 Å². The average molecular weight is 289 g/mol. The minimum absolute atomic E-state index is 0.302. The van der Waals surface area contributed by atoms with Crippen LogP contribution in [0.2, 0.25) is 19.1 Å². The van der Waals surface area contributed by atoms with Gasteiger partial charge in [0, 0.05) is 0 Å². The Morgan fingerprint density at radius 1 is 1.29 bits per heavy atom. The maximum absolute atomic E-state index is 6.42. The molecule has 17 heavy (non-hydrogen) atoms. The SMILES string of the molecule is CC(C[Si](C)(C)Cl)c1cccc(C(C)(C)Cl)c1. The lowest BCUT2D eigenvalue weighted by molar-refractivity contribution is 0.757. The molecule has 0 aromatic heterocycles. The Bertz CT molecular complexity index is 375. The second kappa shape index (κ2) is 5.34. The van der Waals surface area contributed by atoms with Gasteiger partial charge in [-0.15, -0.1) is 11.6 Å². The predicted octanol–water partition coefficient (Wildman–Crippen LogP) is 5.71. The first-order chi connectivity index (χ1) is 7.59. The Balaban J connectivity index is 2.92. The van der Waals surface area contributed by atoms with Gasteiger partial charge in [-0.25, -0.2) is 0 Å². The Morgan fingerprint density at radius 2 is 1.88 bits per heavy atom. The molecule has 0 aliphatic heterocycles. The minimum Gasteiger partial charge on any atom is -0.168 e. The molecule has 1 unspecified atom stereocenters. The Labute approximate surface area is 116 Å². The fourth-order valence-corrected chi connectivity index (χ4v) is 4.56. The number of halogens is 2. The fraction of sp³-hybridized carbons (Fsp3) is 0.571. The molecule has 0 heterocycles. The van der Waals surface area contributed by atoms with Crippen molar-refractivity contribution in [2.75, 3.05) is 0 Å². The summed E-state index contributed by atoms with van der Waals surface area (Å²) in [5, 5.41) is 0. The van der Waals surface area contributed by atoms with Gasteiger partial charge in [0.2, 0.25) is 0 Å². The molecule has 0 radical (unpaired) electrons. The second-order valence-corrected chi connectivity index (χ2v) is 13.8. The van der Waals surface area contributed by atoms with E-state index in [4.69, 9.17) is 22.7 Å². The Hall–Kier alpha value is 0.0169. The van der Waals surface area contributed by atoms with E-state index in [1.807, 2.05) is 13.8 Å². The van der Waals surface area contributed by atoms with Crippen molar-refractivity contribution in [3.8, 4) is 0 Å². The molecule has 0 amide bonds. The predicted molar refractivity (Wildman–Crippen MR) is 81.9 cm³/mol. The van der Waals surface area contributed by atoms with Crippen molar-refractivity contribution in [3.63, 3.8) is 0 Å². The van der Waals surface area contributed by atoms with E-state index in [1.54, 1.807) is 0 Å². The van der Waals surface area contributed by atoms with Gasteiger partial charge in [0.1, 0.15) is 0 Å². The average Bonchev–Trinajstić information content (AvgIpc) is 2.14. The smallest absolute Gasteiger partial charge is 0.151 e. The van der Waals surface area contributed by atoms with Crippen LogP contribution in [0.25, 0.3) is 0 Å². The van der Waals surface area contributed by atoms with Crippen LogP contribution in [0.1, 0.15) is 37.8 Å². The third-order valence-electron chi connectivity index (χ3n) is 2.93. The first-order valence-corrected chi connectivity index (χ1v) is 10.7. The number of alkyl halides is 1. The van der Waals surface area contributed by atoms with E-state index >= 15 is 0 Å². The van der Waals surface area contributed by atoms with E-state index in [-0.39, 0.29) is 4.87 Å². The summed E-state index contributed by atoms with van der Waals surface area (Å²) in [6.07, 6.45) is 0. The monoisotopic (exact) mass is 288 g/mol. The van der Waals surface area contributed by atoms with E-state index in [1.165, 1.54) is 11.1 Å². The van der Waals surface area contributed by atoms with Crippen molar-refractivity contribution in [2.24, 2.45) is 0 Å². The summed E-state index contributed by atoms with van der Waals surface area (Å²) in [6, 6.07) is 9.67. The van der Waals surface area contributed by atoms with Crippen molar-refractivity contribution in [2.45, 2.75) is 50.7 Å². The van der Waals surface area contributed by atoms with Crippen LogP contribution in [0.3, 0.4) is 0 Å². The summed E-state index contributed by atoms with van der Waals surface area (Å²) in [5.74, 6) is 0.508. The molecule has 1 atom stereocenters. The molecular weight excluding hydrogens is 267 g/mol. The lowest BCUT2D eigenvalue weighted by Crippen LogP contribution is -2.19. The Kier molecular flexibility index (Phi) is 4.73. The van der Waals surface area contributed by atoms with Crippen LogP contribution >= 0.6 is 22.7 Å². The molecule has 0 aliphatic carbocycles. The number of hydrogen-bond acceptors (Lipinski definition) is 0. The molecule has 0 bridgehead atoms. The van der Waals surface area contributed by atoms with Gasteiger partial charge in [-0.3, -0.25) is 0 Å². The van der Waals surface area contributed by atoms with Crippen molar-refractivity contribution in [1.82, 2.24) is 0 Å². The zero-order valence-electron chi connectivity index (χ0n) is 11.3. The number of rotatable bonds is 4. The summed E-state index contributed by atoms with van der Waals surface area (Å²) in [7, 11) is -1.53. The summed E-state index contributed by atoms with van der Waals surface area (Å²) in [6.45, 7) is 10.7. The number of hydrogen-bond donors (Lipinski definition) is 0. The van der Waals surface area contributed by atoms with Crippen molar-refractivity contribution < 1.29 is 0 Å². The van der Waals surface area contributed by atoms with Gasteiger partial charge in [-0.1, -0.05) is 44.3 Å². The highest BCUT2D eigenvalue weighted by Gasteiger charge is 2.23. The van der Waals surface area contributed by atoms with Crippen LogP contribution in [0.4, 0.5) is 0 Å². The fourth-order valence-electron chi connectivity index (χ4n) is 2.06. The molecule has 1 aromatic carbocycles. The summed E-state index contributed by atoms with van der Waals surface area (Å²) in [4.78, 5) is -0.302. The molecule has 0 nitrogen and oxygen atoms in total. The lowest BCUT2D eigenvalue weighted by Gasteiger charge is -2.22. The molecule has 96 valence electrons. The van der Waals surface area contributed by atoms with E-state index in [9.17, 15) is 0 Å². The largest absolute Gasteiger partial charge is 0.168 e. The van der Waals surface area contributed by atoms with Gasteiger partial charge in [-0.2, -0.15) is 11.1 Å². The molecule has 0 aliphatic rings. The van der Waals surface area contributed by atoms with Crippen molar-refractivity contribution in [1.29, 1.82) is 0 Å². The molecule has 3 heteroatoms. The highest BCUT2D eigenvalue weighted by molar-refractivity contribution is 7.19.